The number of quaternary nitrogens is 1. The van der Waals surface area contributed by atoms with Crippen LogP contribution in [0, 0.1) is 5.92 Å². The highest BCUT2D eigenvalue weighted by Gasteiger charge is 2.25. The van der Waals surface area contributed by atoms with Crippen LogP contribution >= 0.6 is 0 Å². The van der Waals surface area contributed by atoms with Gasteiger partial charge in [0.1, 0.15) is 18.4 Å². The Balaban J connectivity index is 1.98. The maximum atomic E-state index is 4.61. The van der Waals surface area contributed by atoms with Crippen molar-refractivity contribution in [1.29, 1.82) is 0 Å². The molecule has 0 amide bonds. The molecule has 2 heterocycles. The molecule has 5 heteroatoms. The summed E-state index contributed by atoms with van der Waals surface area (Å²) in [6.07, 6.45) is 10.5. The van der Waals surface area contributed by atoms with Crippen molar-refractivity contribution < 1.29 is 4.48 Å². The Morgan fingerprint density at radius 3 is 2.74 bits per heavy atom. The molecule has 2 aromatic rings. The van der Waals surface area contributed by atoms with Gasteiger partial charge in [0.15, 0.2) is 5.82 Å². The lowest BCUT2D eigenvalue weighted by atomic mass is 9.95. The maximum Gasteiger partial charge on any atom is 0.158 e. The quantitative estimate of drug-likeness (QED) is 0.682. The molecular weight excluding hydrogens is 334 g/mol. The molecule has 1 atom stereocenters. The summed E-state index contributed by atoms with van der Waals surface area (Å²) in [6, 6.07) is 2.22. The van der Waals surface area contributed by atoms with Gasteiger partial charge < -0.3 is 9.80 Å². The summed E-state index contributed by atoms with van der Waals surface area (Å²) in [6.45, 7) is 15.8. The average Bonchev–Trinajstić information content (AvgIpc) is 3.08. The molecular formula is C22H34N5+. The molecule has 5 nitrogen and oxygen atoms in total. The number of nitrogens with one attached hydrogen (secondary N) is 1. The van der Waals surface area contributed by atoms with Gasteiger partial charge in [-0.25, -0.2) is 9.50 Å². The van der Waals surface area contributed by atoms with E-state index in [4.69, 9.17) is 0 Å². The highest BCUT2D eigenvalue weighted by molar-refractivity contribution is 5.73. The van der Waals surface area contributed by atoms with Crippen LogP contribution in [0.25, 0.3) is 5.52 Å². The second-order valence-electron chi connectivity index (χ2n) is 7.91. The number of rotatable bonds is 8. The molecule has 1 aliphatic carbocycles. The van der Waals surface area contributed by atoms with Crippen molar-refractivity contribution in [2.45, 2.75) is 54.0 Å². The second-order valence-corrected chi connectivity index (χ2v) is 7.91. The number of allylic oxidation sites excluding steroid dienone is 4. The van der Waals surface area contributed by atoms with Gasteiger partial charge >= 0.3 is 0 Å². The molecule has 0 saturated heterocycles. The Labute approximate surface area is 163 Å². The molecule has 27 heavy (non-hydrogen) atoms. The number of hydrogen-bond donors (Lipinski definition) is 1. The predicted molar refractivity (Wildman–Crippen MR) is 112 cm³/mol. The molecule has 1 aliphatic rings. The highest BCUT2D eigenvalue weighted by Crippen LogP contribution is 2.29. The molecule has 3 rings (SSSR count). The van der Waals surface area contributed by atoms with Gasteiger partial charge in [-0.3, -0.25) is 0 Å². The summed E-state index contributed by atoms with van der Waals surface area (Å²) in [4.78, 5) is 4.61. The molecule has 2 aromatic heterocycles. The fourth-order valence-corrected chi connectivity index (χ4v) is 4.15. The largest absolute Gasteiger partial charge is 0.342 e. The molecule has 1 unspecified atom stereocenters. The zero-order chi connectivity index (χ0) is 19.4. The first-order valence-corrected chi connectivity index (χ1v) is 10.3. The summed E-state index contributed by atoms with van der Waals surface area (Å²) in [5.74, 6) is 1.39. The zero-order valence-electron chi connectivity index (χ0n) is 17.5. The molecule has 0 aromatic carbocycles. The van der Waals surface area contributed by atoms with Crippen molar-refractivity contribution in [2.24, 2.45) is 5.92 Å². The van der Waals surface area contributed by atoms with Crippen LogP contribution in [-0.2, 0) is 6.54 Å². The van der Waals surface area contributed by atoms with Crippen LogP contribution in [0.5, 0.6) is 0 Å². The molecule has 1 N–H and O–H groups in total. The van der Waals surface area contributed by atoms with E-state index in [2.05, 4.69) is 74.4 Å². The van der Waals surface area contributed by atoms with Crippen molar-refractivity contribution in [3.8, 4) is 0 Å². The third-order valence-electron chi connectivity index (χ3n) is 6.05. The van der Waals surface area contributed by atoms with Crippen molar-refractivity contribution in [3.05, 3.63) is 47.6 Å². The number of anilines is 1. The number of fused-ring (bicyclic) bond motifs is 1. The molecule has 0 aliphatic heterocycles. The van der Waals surface area contributed by atoms with E-state index in [1.807, 2.05) is 4.52 Å². The summed E-state index contributed by atoms with van der Waals surface area (Å²) >= 11 is 0. The van der Waals surface area contributed by atoms with E-state index in [-0.39, 0.29) is 0 Å². The molecule has 146 valence electrons. The van der Waals surface area contributed by atoms with Crippen LogP contribution in [0.2, 0.25) is 0 Å². The summed E-state index contributed by atoms with van der Waals surface area (Å²) in [5.41, 5.74) is 4.99. The third kappa shape index (κ3) is 4.08. The lowest BCUT2D eigenvalue weighted by Gasteiger charge is -2.36. The number of aromatic nitrogens is 3. The Morgan fingerprint density at radius 1 is 1.26 bits per heavy atom. The normalized spacial score (nSPS) is 17.7. The van der Waals surface area contributed by atoms with E-state index < -0.39 is 0 Å². The first-order chi connectivity index (χ1) is 13.0. The molecule has 0 saturated carbocycles. The zero-order valence-corrected chi connectivity index (χ0v) is 17.5. The van der Waals surface area contributed by atoms with E-state index in [1.54, 1.807) is 6.33 Å². The lowest BCUT2D eigenvalue weighted by molar-refractivity contribution is -0.937. The Bertz CT molecular complexity index is 842. The van der Waals surface area contributed by atoms with Gasteiger partial charge in [0.05, 0.1) is 19.6 Å². The van der Waals surface area contributed by atoms with E-state index in [0.717, 1.165) is 41.9 Å². The van der Waals surface area contributed by atoms with Gasteiger partial charge in [-0.1, -0.05) is 25.5 Å². The maximum absolute atomic E-state index is 4.61. The van der Waals surface area contributed by atoms with Crippen molar-refractivity contribution in [3.63, 3.8) is 0 Å². The van der Waals surface area contributed by atoms with Gasteiger partial charge in [-0.2, -0.15) is 5.10 Å². The minimum Gasteiger partial charge on any atom is -0.342 e. The summed E-state index contributed by atoms with van der Waals surface area (Å²) < 4.78 is 3.07. The first kappa shape index (κ1) is 19.6. The molecule has 0 bridgehead atoms. The summed E-state index contributed by atoms with van der Waals surface area (Å²) in [7, 11) is 0. The highest BCUT2D eigenvalue weighted by atomic mass is 15.3. The lowest BCUT2D eigenvalue weighted by Crippen LogP contribution is -2.47. The van der Waals surface area contributed by atoms with Gasteiger partial charge in [-0.05, 0) is 51.7 Å². The van der Waals surface area contributed by atoms with E-state index in [9.17, 15) is 0 Å². The fourth-order valence-electron chi connectivity index (χ4n) is 4.15. The van der Waals surface area contributed by atoms with Gasteiger partial charge in [0, 0.05) is 17.5 Å². The first-order valence-electron chi connectivity index (χ1n) is 10.3. The van der Waals surface area contributed by atoms with E-state index >= 15 is 0 Å². The minimum atomic E-state index is 0.475. The SMILES string of the molecule is CCC[N+](CC)(CC)Cc1ccn2ncnc(NC3=CC(C)=CCC3C)c12. The summed E-state index contributed by atoms with van der Waals surface area (Å²) in [5, 5.41) is 8.07. The van der Waals surface area contributed by atoms with Gasteiger partial charge in [0.25, 0.3) is 0 Å². The van der Waals surface area contributed by atoms with Crippen LogP contribution < -0.4 is 5.32 Å². The molecule has 0 spiro atoms. The smallest absolute Gasteiger partial charge is 0.158 e. The standard InChI is InChI=1S/C22H34N5/c1-6-13-27(7-2,8-3)15-19-11-12-26-21(19)22(23-16-24-26)25-20-14-17(4)9-10-18(20)5/h9,11-12,14,16,18H,6-8,10,13,15H2,1-5H3,(H,23,24,25)/q+1. The van der Waals surface area contributed by atoms with Crippen LogP contribution in [0.15, 0.2) is 42.0 Å². The monoisotopic (exact) mass is 368 g/mol. The Kier molecular flexibility index (Phi) is 6.00. The van der Waals surface area contributed by atoms with Crippen LogP contribution in [0.1, 0.15) is 53.0 Å². The van der Waals surface area contributed by atoms with Crippen LogP contribution in [0.3, 0.4) is 0 Å². The van der Waals surface area contributed by atoms with Gasteiger partial charge in [0.2, 0.25) is 0 Å². The van der Waals surface area contributed by atoms with E-state index in [1.165, 1.54) is 29.8 Å². The van der Waals surface area contributed by atoms with Crippen molar-refractivity contribution >= 4 is 11.3 Å². The van der Waals surface area contributed by atoms with Crippen LogP contribution in [-0.4, -0.2) is 38.7 Å². The second kappa shape index (κ2) is 8.26. The average molecular weight is 369 g/mol. The molecule has 0 fully saturated rings. The predicted octanol–water partition coefficient (Wildman–Crippen LogP) is 4.78. The Hall–Kier alpha value is -2.14. The number of hydrogen-bond acceptors (Lipinski definition) is 3. The number of nitrogens with zero attached hydrogens (tertiary/aromatic N) is 4. The van der Waals surface area contributed by atoms with E-state index in [0.29, 0.717) is 5.92 Å². The van der Waals surface area contributed by atoms with Gasteiger partial charge in [-0.15, -0.1) is 0 Å². The third-order valence-corrected chi connectivity index (χ3v) is 6.05. The topological polar surface area (TPSA) is 42.2 Å². The fraction of sp³-hybridized carbons (Fsp3) is 0.545. The Morgan fingerprint density at radius 2 is 2.04 bits per heavy atom. The van der Waals surface area contributed by atoms with Crippen LogP contribution in [0.4, 0.5) is 5.82 Å². The molecule has 0 radical (unpaired) electrons. The van der Waals surface area contributed by atoms with Crippen molar-refractivity contribution in [2.75, 3.05) is 25.0 Å². The minimum absolute atomic E-state index is 0.475. The van der Waals surface area contributed by atoms with Crippen molar-refractivity contribution in [1.82, 2.24) is 14.6 Å².